The Hall–Kier alpha value is -6.02. The van der Waals surface area contributed by atoms with Crippen molar-refractivity contribution >= 4 is 29.3 Å². The molecular formula is C43H50ClN3O11. The van der Waals surface area contributed by atoms with E-state index in [-0.39, 0.29) is 48.2 Å². The van der Waals surface area contributed by atoms with Crippen LogP contribution in [-0.4, -0.2) is 78.1 Å². The number of phenolic OH excluding ortho intramolecular Hbond substituents is 1. The minimum atomic E-state index is -0.322. The zero-order valence-electron chi connectivity index (χ0n) is 33.9. The second-order valence-corrected chi connectivity index (χ2v) is 13.8. The lowest BCUT2D eigenvalue weighted by atomic mass is 9.93. The third-order valence-electron chi connectivity index (χ3n) is 9.96. The molecule has 58 heavy (non-hydrogen) atoms. The Kier molecular flexibility index (Phi) is 14.4. The largest absolute Gasteiger partial charge is 0.508 e. The second-order valence-electron chi connectivity index (χ2n) is 13.5. The van der Waals surface area contributed by atoms with Crippen molar-refractivity contribution in [3.63, 3.8) is 0 Å². The van der Waals surface area contributed by atoms with Gasteiger partial charge < -0.3 is 54.2 Å². The molecule has 15 heteroatoms. The van der Waals surface area contributed by atoms with Crippen LogP contribution in [0, 0.1) is 0 Å². The number of aryl methyl sites for hydroxylation is 2. The predicted molar refractivity (Wildman–Crippen MR) is 219 cm³/mol. The lowest BCUT2D eigenvalue weighted by molar-refractivity contribution is -0.120. The minimum Gasteiger partial charge on any atom is -0.508 e. The Morgan fingerprint density at radius 3 is 1.55 bits per heavy atom. The highest BCUT2D eigenvalue weighted by molar-refractivity contribution is 6.27. The molecule has 2 atom stereocenters. The molecule has 0 fully saturated rings. The quantitative estimate of drug-likeness (QED) is 0.0921. The molecule has 0 bridgehead atoms. The maximum Gasteiger partial charge on any atom is 0.237 e. The van der Waals surface area contributed by atoms with Gasteiger partial charge in [-0.3, -0.25) is 14.4 Å². The molecule has 4 N–H and O–H groups in total. The lowest BCUT2D eigenvalue weighted by Crippen LogP contribution is -2.28. The number of halogens is 1. The molecule has 0 unspecified atom stereocenters. The van der Waals surface area contributed by atoms with Crippen LogP contribution in [0.15, 0.2) is 48.5 Å². The highest BCUT2D eigenvalue weighted by atomic mass is 35.5. The van der Waals surface area contributed by atoms with E-state index in [1.54, 1.807) is 54.8 Å². The van der Waals surface area contributed by atoms with Gasteiger partial charge in [-0.2, -0.15) is 0 Å². The molecule has 0 spiro atoms. The van der Waals surface area contributed by atoms with Crippen molar-refractivity contribution in [1.29, 1.82) is 0 Å². The smallest absolute Gasteiger partial charge is 0.237 e. The standard InChI is InChI=1S/C23H27ClN2O6.C20H23NO5/c1-13(27)26-18-8-5-14-9-19(29-2)22(30-3)23(31-4)21(14)16-7-6-15(10-17(16)18)32-12-25-20(28)11-24;1-11(22)21-16-8-5-12-9-17(24-2)19(25-3)20(26-4)18(12)14-7-6-13(23)10-15(14)16/h6-7,9-10,18H,5,8,11-12H2,1-4H3,(H,25,28)(H,26,27);6-7,9-10,16,23H,5,8H2,1-4H3,(H,21,22)/t18-;16-/m00/s1. The Balaban J connectivity index is 0.000000226. The van der Waals surface area contributed by atoms with Gasteiger partial charge in [0.2, 0.25) is 29.2 Å². The van der Waals surface area contributed by atoms with E-state index >= 15 is 0 Å². The number of methoxy groups -OCH3 is 6. The van der Waals surface area contributed by atoms with Gasteiger partial charge in [0.15, 0.2) is 29.7 Å². The summed E-state index contributed by atoms with van der Waals surface area (Å²) in [5.74, 6) is 3.35. The van der Waals surface area contributed by atoms with Gasteiger partial charge in [0.25, 0.3) is 0 Å². The number of ether oxygens (including phenoxy) is 7. The SMILES string of the molecule is COc1cc2c(c(OC)c1OC)-c1ccc(O)cc1[C@@H](NC(C)=O)CC2.COc1cc2c(c(OC)c1OC)-c1ccc(OCNC(=O)CCl)cc1[C@@H](NC(C)=O)CC2. The average molecular weight is 820 g/mol. The average Bonchev–Trinajstić information content (AvgIpc) is 3.46. The lowest BCUT2D eigenvalue weighted by Gasteiger charge is -2.21. The number of hydrogen-bond acceptors (Lipinski definition) is 11. The molecule has 0 radical (unpaired) electrons. The summed E-state index contributed by atoms with van der Waals surface area (Å²) in [5, 5.41) is 18.6. The van der Waals surface area contributed by atoms with Gasteiger partial charge in [0.1, 0.15) is 17.4 Å². The molecule has 14 nitrogen and oxygen atoms in total. The number of aromatic hydroxyl groups is 1. The molecule has 0 aromatic heterocycles. The Morgan fingerprint density at radius 2 is 1.12 bits per heavy atom. The predicted octanol–water partition coefficient (Wildman–Crippen LogP) is 6.40. The molecule has 6 rings (SSSR count). The summed E-state index contributed by atoms with van der Waals surface area (Å²) in [7, 11) is 9.49. The highest BCUT2D eigenvalue weighted by Crippen LogP contribution is 2.52. The third kappa shape index (κ3) is 9.23. The summed E-state index contributed by atoms with van der Waals surface area (Å²) < 4.78 is 39.2. The van der Waals surface area contributed by atoms with Gasteiger partial charge in [-0.25, -0.2) is 0 Å². The molecule has 4 aromatic carbocycles. The molecule has 0 saturated heterocycles. The van der Waals surface area contributed by atoms with Crippen LogP contribution in [-0.2, 0) is 27.2 Å². The topological polar surface area (TPSA) is 172 Å². The maximum atomic E-state index is 11.9. The van der Waals surface area contributed by atoms with Crippen LogP contribution < -0.4 is 49.1 Å². The van der Waals surface area contributed by atoms with Crippen molar-refractivity contribution < 1.29 is 52.6 Å². The number of alkyl halides is 1. The van der Waals surface area contributed by atoms with Gasteiger partial charge in [0, 0.05) is 25.0 Å². The van der Waals surface area contributed by atoms with Crippen LogP contribution in [0.2, 0.25) is 0 Å². The van der Waals surface area contributed by atoms with Crippen molar-refractivity contribution in [2.45, 2.75) is 51.6 Å². The van der Waals surface area contributed by atoms with E-state index in [2.05, 4.69) is 16.0 Å². The van der Waals surface area contributed by atoms with Crippen molar-refractivity contribution in [3.8, 4) is 68.2 Å². The van der Waals surface area contributed by atoms with Crippen LogP contribution in [0.5, 0.6) is 46.0 Å². The summed E-state index contributed by atoms with van der Waals surface area (Å²) in [4.78, 5) is 35.0. The summed E-state index contributed by atoms with van der Waals surface area (Å²) in [6, 6.07) is 14.2. The fraction of sp³-hybridized carbons (Fsp3) is 0.372. The van der Waals surface area contributed by atoms with E-state index in [4.69, 9.17) is 44.8 Å². The zero-order valence-corrected chi connectivity index (χ0v) is 34.7. The fourth-order valence-electron chi connectivity index (χ4n) is 7.56. The van der Waals surface area contributed by atoms with Gasteiger partial charge in [0.05, 0.1) is 54.7 Å². The minimum absolute atomic E-state index is 0.0138. The number of rotatable bonds is 12. The van der Waals surface area contributed by atoms with Gasteiger partial charge in [-0.05, 0) is 95.5 Å². The van der Waals surface area contributed by atoms with Gasteiger partial charge in [-0.1, -0.05) is 12.1 Å². The second kappa shape index (κ2) is 19.4. The number of phenols is 1. The summed E-state index contributed by atoms with van der Waals surface area (Å²) in [6.07, 6.45) is 2.77. The monoisotopic (exact) mass is 819 g/mol. The number of carbonyl (C=O) groups excluding carboxylic acids is 3. The van der Waals surface area contributed by atoms with Crippen LogP contribution in [0.4, 0.5) is 0 Å². The first-order valence-electron chi connectivity index (χ1n) is 18.5. The molecule has 2 aliphatic rings. The maximum absolute atomic E-state index is 11.9. The van der Waals surface area contributed by atoms with Crippen molar-refractivity contribution in [2.75, 3.05) is 55.3 Å². The van der Waals surface area contributed by atoms with Crippen molar-refractivity contribution in [1.82, 2.24) is 16.0 Å². The summed E-state index contributed by atoms with van der Waals surface area (Å²) in [5.41, 5.74) is 7.37. The van der Waals surface area contributed by atoms with E-state index in [0.717, 1.165) is 44.5 Å². The molecule has 3 amide bonds. The van der Waals surface area contributed by atoms with Crippen LogP contribution in [0.3, 0.4) is 0 Å². The number of hydrogen-bond donors (Lipinski definition) is 4. The Bertz CT molecular complexity index is 2160. The normalized spacial score (nSPS) is 14.8. The molecule has 4 aromatic rings. The number of benzene rings is 4. The third-order valence-corrected chi connectivity index (χ3v) is 10.2. The molecule has 0 heterocycles. The number of amides is 3. The highest BCUT2D eigenvalue weighted by Gasteiger charge is 2.31. The first kappa shape index (κ1) is 43.1. The van der Waals surface area contributed by atoms with Crippen LogP contribution in [0.1, 0.15) is 61.0 Å². The van der Waals surface area contributed by atoms with Crippen molar-refractivity contribution in [2.24, 2.45) is 0 Å². The van der Waals surface area contributed by atoms with Crippen LogP contribution in [0.25, 0.3) is 22.3 Å². The molecule has 2 aliphatic carbocycles. The van der Waals surface area contributed by atoms with E-state index < -0.39 is 0 Å². The number of nitrogens with one attached hydrogen (secondary N) is 3. The summed E-state index contributed by atoms with van der Waals surface area (Å²) in [6.45, 7) is 2.97. The van der Waals surface area contributed by atoms with Crippen LogP contribution >= 0.6 is 11.6 Å². The van der Waals surface area contributed by atoms with E-state index in [0.29, 0.717) is 65.9 Å². The van der Waals surface area contributed by atoms with Crippen molar-refractivity contribution in [3.05, 3.63) is 70.8 Å². The van der Waals surface area contributed by atoms with Gasteiger partial charge in [-0.15, -0.1) is 11.6 Å². The number of carbonyl (C=O) groups is 3. The molecule has 310 valence electrons. The summed E-state index contributed by atoms with van der Waals surface area (Å²) >= 11 is 5.50. The van der Waals surface area contributed by atoms with E-state index in [9.17, 15) is 19.5 Å². The zero-order chi connectivity index (χ0) is 42.1. The molecule has 0 aliphatic heterocycles. The Morgan fingerprint density at radius 1 is 0.655 bits per heavy atom. The molecule has 0 saturated carbocycles. The van der Waals surface area contributed by atoms with Gasteiger partial charge >= 0.3 is 0 Å². The molecular weight excluding hydrogens is 770 g/mol. The van der Waals surface area contributed by atoms with E-state index in [1.807, 2.05) is 36.4 Å². The first-order chi connectivity index (χ1) is 27.9. The first-order valence-corrected chi connectivity index (χ1v) is 19.1. The fourth-order valence-corrected chi connectivity index (χ4v) is 7.65. The Labute approximate surface area is 343 Å². The number of fused-ring (bicyclic) bond motifs is 6. The van der Waals surface area contributed by atoms with E-state index in [1.165, 1.54) is 13.8 Å².